The maximum Gasteiger partial charge on any atom is 0.217 e. The van der Waals surface area contributed by atoms with E-state index in [2.05, 4.69) is 4.98 Å². The second kappa shape index (κ2) is 5.60. The molecule has 0 fully saturated rings. The van der Waals surface area contributed by atoms with Crippen LogP contribution in [0.2, 0.25) is 5.15 Å². The Kier molecular flexibility index (Phi) is 3.89. The Labute approximate surface area is 110 Å². The van der Waals surface area contributed by atoms with Crippen LogP contribution in [-0.4, -0.2) is 12.1 Å². The molecule has 0 bridgehead atoms. The lowest BCUT2D eigenvalue weighted by molar-refractivity contribution is 0.294. The summed E-state index contributed by atoms with van der Waals surface area (Å²) < 4.78 is 10.6. The molecule has 0 atom stereocenters. The van der Waals surface area contributed by atoms with E-state index in [0.717, 1.165) is 11.3 Å². The number of pyridine rings is 1. The molecular formula is C13H13ClN2O2. The first-order chi connectivity index (χ1) is 8.67. The highest BCUT2D eigenvalue weighted by atomic mass is 35.5. The summed E-state index contributed by atoms with van der Waals surface area (Å²) in [6.45, 7) is 0.400. The molecule has 4 nitrogen and oxygen atoms in total. The van der Waals surface area contributed by atoms with Crippen LogP contribution >= 0.6 is 11.6 Å². The Morgan fingerprint density at radius 3 is 2.56 bits per heavy atom. The van der Waals surface area contributed by atoms with Crippen LogP contribution in [0.4, 0.5) is 5.69 Å². The minimum absolute atomic E-state index is 0.319. The quantitative estimate of drug-likeness (QED) is 0.863. The molecule has 1 aromatic carbocycles. The number of nitrogen functional groups attached to an aromatic ring is 1. The second-order valence-corrected chi connectivity index (χ2v) is 4.09. The molecule has 18 heavy (non-hydrogen) atoms. The molecule has 2 rings (SSSR count). The van der Waals surface area contributed by atoms with Crippen molar-refractivity contribution in [2.75, 3.05) is 12.8 Å². The average molecular weight is 265 g/mol. The standard InChI is InChI=1S/C13H13ClN2O2/c1-17-11-4-2-9(3-5-11)8-18-13-7-10(15)6-12(14)16-13/h2-7H,8H2,1H3,(H2,15,16). The number of nitrogens with zero attached hydrogens (tertiary/aromatic N) is 1. The zero-order chi connectivity index (χ0) is 13.0. The predicted molar refractivity (Wildman–Crippen MR) is 71.0 cm³/mol. The molecule has 1 aromatic heterocycles. The average Bonchev–Trinajstić information content (AvgIpc) is 2.36. The van der Waals surface area contributed by atoms with Gasteiger partial charge in [0.25, 0.3) is 0 Å². The van der Waals surface area contributed by atoms with Crippen LogP contribution < -0.4 is 15.2 Å². The topological polar surface area (TPSA) is 57.4 Å². The summed E-state index contributed by atoms with van der Waals surface area (Å²) in [4.78, 5) is 4.02. The van der Waals surface area contributed by atoms with E-state index in [1.165, 1.54) is 0 Å². The summed E-state index contributed by atoms with van der Waals surface area (Å²) in [7, 11) is 1.63. The minimum Gasteiger partial charge on any atom is -0.497 e. The molecule has 2 N–H and O–H groups in total. The summed E-state index contributed by atoms with van der Waals surface area (Å²) >= 11 is 5.78. The van der Waals surface area contributed by atoms with E-state index in [-0.39, 0.29) is 0 Å². The van der Waals surface area contributed by atoms with Crippen LogP contribution in [0.25, 0.3) is 0 Å². The molecule has 0 saturated carbocycles. The number of aromatic nitrogens is 1. The number of ether oxygens (including phenoxy) is 2. The first-order valence-electron chi connectivity index (χ1n) is 5.36. The van der Waals surface area contributed by atoms with Gasteiger partial charge in [-0.3, -0.25) is 0 Å². The Hall–Kier alpha value is -1.94. The van der Waals surface area contributed by atoms with Gasteiger partial charge in [0, 0.05) is 11.8 Å². The van der Waals surface area contributed by atoms with Crippen molar-refractivity contribution in [1.82, 2.24) is 4.98 Å². The van der Waals surface area contributed by atoms with Gasteiger partial charge in [-0.25, -0.2) is 4.98 Å². The zero-order valence-electron chi connectivity index (χ0n) is 9.89. The predicted octanol–water partition coefficient (Wildman–Crippen LogP) is 2.90. The number of hydrogen-bond acceptors (Lipinski definition) is 4. The highest BCUT2D eigenvalue weighted by Gasteiger charge is 2.01. The minimum atomic E-state index is 0.319. The smallest absolute Gasteiger partial charge is 0.217 e. The molecular weight excluding hydrogens is 252 g/mol. The van der Waals surface area contributed by atoms with Crippen LogP contribution in [0.15, 0.2) is 36.4 Å². The van der Waals surface area contributed by atoms with E-state index in [4.69, 9.17) is 26.8 Å². The first kappa shape index (κ1) is 12.5. The lowest BCUT2D eigenvalue weighted by Crippen LogP contribution is -1.98. The van der Waals surface area contributed by atoms with Crippen LogP contribution in [0.5, 0.6) is 11.6 Å². The van der Waals surface area contributed by atoms with Crippen molar-refractivity contribution in [2.45, 2.75) is 6.61 Å². The molecule has 5 heteroatoms. The van der Waals surface area contributed by atoms with Crippen LogP contribution in [0, 0.1) is 0 Å². The van der Waals surface area contributed by atoms with E-state index in [9.17, 15) is 0 Å². The first-order valence-corrected chi connectivity index (χ1v) is 5.74. The van der Waals surface area contributed by atoms with Crippen molar-refractivity contribution in [3.8, 4) is 11.6 Å². The van der Waals surface area contributed by atoms with Gasteiger partial charge in [0.1, 0.15) is 17.5 Å². The van der Waals surface area contributed by atoms with Gasteiger partial charge in [0.05, 0.1) is 7.11 Å². The molecule has 0 amide bonds. The van der Waals surface area contributed by atoms with Crippen molar-refractivity contribution in [1.29, 1.82) is 0 Å². The molecule has 2 aromatic rings. The van der Waals surface area contributed by atoms with Crippen molar-refractivity contribution in [3.05, 3.63) is 47.1 Å². The van der Waals surface area contributed by atoms with E-state index >= 15 is 0 Å². The maximum atomic E-state index is 5.78. The van der Waals surface area contributed by atoms with E-state index in [0.29, 0.717) is 23.3 Å². The molecule has 0 unspecified atom stereocenters. The van der Waals surface area contributed by atoms with Crippen molar-refractivity contribution in [3.63, 3.8) is 0 Å². The second-order valence-electron chi connectivity index (χ2n) is 3.70. The summed E-state index contributed by atoms with van der Waals surface area (Å²) in [5, 5.41) is 0.319. The van der Waals surface area contributed by atoms with Gasteiger partial charge in [-0.15, -0.1) is 0 Å². The summed E-state index contributed by atoms with van der Waals surface area (Å²) in [6, 6.07) is 10.8. The van der Waals surface area contributed by atoms with Crippen molar-refractivity contribution < 1.29 is 9.47 Å². The highest BCUT2D eigenvalue weighted by Crippen LogP contribution is 2.19. The third-order valence-corrected chi connectivity index (χ3v) is 2.53. The third kappa shape index (κ3) is 3.28. The van der Waals surface area contributed by atoms with Gasteiger partial charge in [-0.1, -0.05) is 23.7 Å². The largest absolute Gasteiger partial charge is 0.497 e. The normalized spacial score (nSPS) is 10.1. The summed E-state index contributed by atoms with van der Waals surface area (Å²) in [6.07, 6.45) is 0. The van der Waals surface area contributed by atoms with E-state index in [1.807, 2.05) is 24.3 Å². The lowest BCUT2D eigenvalue weighted by atomic mass is 10.2. The van der Waals surface area contributed by atoms with Gasteiger partial charge in [0.15, 0.2) is 0 Å². The molecule has 0 saturated heterocycles. The van der Waals surface area contributed by atoms with Crippen molar-refractivity contribution >= 4 is 17.3 Å². The third-order valence-electron chi connectivity index (χ3n) is 2.34. The monoisotopic (exact) mass is 264 g/mol. The Bertz CT molecular complexity index is 509. The molecule has 0 aliphatic heterocycles. The van der Waals surface area contributed by atoms with Crippen LogP contribution in [0.3, 0.4) is 0 Å². The van der Waals surface area contributed by atoms with Gasteiger partial charge >= 0.3 is 0 Å². The molecule has 0 aliphatic rings. The van der Waals surface area contributed by atoms with E-state index in [1.54, 1.807) is 19.2 Å². The van der Waals surface area contributed by atoms with E-state index < -0.39 is 0 Å². The van der Waals surface area contributed by atoms with Gasteiger partial charge in [-0.05, 0) is 23.8 Å². The molecule has 1 heterocycles. The fourth-order valence-corrected chi connectivity index (χ4v) is 1.65. The molecule has 0 radical (unpaired) electrons. The Morgan fingerprint density at radius 1 is 1.22 bits per heavy atom. The Morgan fingerprint density at radius 2 is 1.94 bits per heavy atom. The number of nitrogens with two attached hydrogens (primary N) is 1. The van der Waals surface area contributed by atoms with Crippen molar-refractivity contribution in [2.24, 2.45) is 0 Å². The summed E-state index contributed by atoms with van der Waals surface area (Å²) in [5.74, 6) is 1.22. The number of anilines is 1. The molecule has 0 aliphatic carbocycles. The van der Waals surface area contributed by atoms with Gasteiger partial charge in [-0.2, -0.15) is 0 Å². The fourth-order valence-electron chi connectivity index (χ4n) is 1.44. The molecule has 94 valence electrons. The molecule has 0 spiro atoms. The Balaban J connectivity index is 2.01. The zero-order valence-corrected chi connectivity index (χ0v) is 10.6. The van der Waals surface area contributed by atoms with Gasteiger partial charge in [0.2, 0.25) is 5.88 Å². The number of rotatable bonds is 4. The highest BCUT2D eigenvalue weighted by molar-refractivity contribution is 6.29. The number of methoxy groups -OCH3 is 1. The maximum absolute atomic E-state index is 5.78. The fraction of sp³-hybridized carbons (Fsp3) is 0.154. The van der Waals surface area contributed by atoms with Crippen LogP contribution in [0.1, 0.15) is 5.56 Å². The number of hydrogen-bond donors (Lipinski definition) is 1. The number of benzene rings is 1. The SMILES string of the molecule is COc1ccc(COc2cc(N)cc(Cl)n2)cc1. The van der Waals surface area contributed by atoms with Gasteiger partial charge < -0.3 is 15.2 Å². The summed E-state index contributed by atoms with van der Waals surface area (Å²) in [5.41, 5.74) is 7.18. The lowest BCUT2D eigenvalue weighted by Gasteiger charge is -2.07. The number of halogens is 1. The van der Waals surface area contributed by atoms with Crippen LogP contribution in [-0.2, 0) is 6.61 Å².